The minimum atomic E-state index is -0.471. The molecule has 0 unspecified atom stereocenters. The molecule has 3 rings (SSSR count). The number of carbonyl (C=O) groups excluding carboxylic acids is 2. The summed E-state index contributed by atoms with van der Waals surface area (Å²) in [6, 6.07) is 24.2. The van der Waals surface area contributed by atoms with E-state index in [2.05, 4.69) is 0 Å². The Morgan fingerprint density at radius 3 is 1.87 bits per heavy atom. The number of Topliss-reactive ketones (excluding diaryl/α,β-unsaturated/α-hetero) is 2. The number of benzene rings is 3. The molecule has 0 aliphatic rings. The SMILES string of the molecule is Cc1cc(-c2ccccc2)ccc1C(=O)C(=O)c1ccccc1. The highest BCUT2D eigenvalue weighted by Gasteiger charge is 2.19. The molecule has 0 saturated carbocycles. The Kier molecular flexibility index (Phi) is 4.15. The van der Waals surface area contributed by atoms with E-state index in [0.29, 0.717) is 11.1 Å². The van der Waals surface area contributed by atoms with E-state index in [1.54, 1.807) is 30.3 Å². The third-order valence-corrected chi connectivity index (χ3v) is 3.82. The summed E-state index contributed by atoms with van der Waals surface area (Å²) in [5, 5.41) is 0. The molecule has 3 aromatic rings. The lowest BCUT2D eigenvalue weighted by molar-refractivity contribution is 0.0816. The molecule has 0 bridgehead atoms. The number of hydrogen-bond acceptors (Lipinski definition) is 2. The smallest absolute Gasteiger partial charge is 0.233 e. The lowest BCUT2D eigenvalue weighted by Gasteiger charge is -2.08. The second-order valence-corrected chi connectivity index (χ2v) is 5.42. The van der Waals surface area contributed by atoms with Gasteiger partial charge < -0.3 is 0 Å². The van der Waals surface area contributed by atoms with Crippen molar-refractivity contribution in [2.24, 2.45) is 0 Å². The van der Waals surface area contributed by atoms with Crippen LogP contribution in [0.5, 0.6) is 0 Å². The van der Waals surface area contributed by atoms with Crippen LogP contribution in [0.3, 0.4) is 0 Å². The molecule has 0 fully saturated rings. The highest BCUT2D eigenvalue weighted by atomic mass is 16.2. The van der Waals surface area contributed by atoms with Gasteiger partial charge in [0.2, 0.25) is 11.6 Å². The Bertz CT molecular complexity index is 850. The molecular weight excluding hydrogens is 284 g/mol. The summed E-state index contributed by atoms with van der Waals surface area (Å²) < 4.78 is 0. The lowest BCUT2D eigenvalue weighted by atomic mass is 9.94. The molecule has 2 heteroatoms. The van der Waals surface area contributed by atoms with Gasteiger partial charge in [-0.15, -0.1) is 0 Å². The van der Waals surface area contributed by atoms with Crippen molar-refractivity contribution in [2.45, 2.75) is 6.92 Å². The molecule has 0 saturated heterocycles. The standard InChI is InChI=1S/C21H16O2/c1-15-14-18(16-8-4-2-5-9-16)12-13-19(15)21(23)20(22)17-10-6-3-7-11-17/h2-14H,1H3. The topological polar surface area (TPSA) is 34.1 Å². The van der Waals surface area contributed by atoms with Crippen LogP contribution in [-0.4, -0.2) is 11.6 Å². The molecule has 2 nitrogen and oxygen atoms in total. The first kappa shape index (κ1) is 14.9. The maximum absolute atomic E-state index is 12.5. The third kappa shape index (κ3) is 3.11. The molecule has 0 aliphatic heterocycles. The number of aryl methyl sites for hydroxylation is 1. The van der Waals surface area contributed by atoms with E-state index in [-0.39, 0.29) is 0 Å². The van der Waals surface area contributed by atoms with Crippen molar-refractivity contribution in [3.05, 3.63) is 95.6 Å². The first-order valence-corrected chi connectivity index (χ1v) is 7.47. The third-order valence-electron chi connectivity index (χ3n) is 3.82. The Balaban J connectivity index is 1.92. The van der Waals surface area contributed by atoms with Crippen LogP contribution in [-0.2, 0) is 0 Å². The van der Waals surface area contributed by atoms with Gasteiger partial charge in [0.15, 0.2) is 0 Å². The zero-order valence-electron chi connectivity index (χ0n) is 12.8. The highest BCUT2D eigenvalue weighted by Crippen LogP contribution is 2.23. The van der Waals surface area contributed by atoms with Crippen LogP contribution in [0.2, 0.25) is 0 Å². The average Bonchev–Trinajstić information content (AvgIpc) is 2.62. The summed E-state index contributed by atoms with van der Waals surface area (Å²) in [6.07, 6.45) is 0. The Morgan fingerprint density at radius 2 is 1.26 bits per heavy atom. The number of carbonyl (C=O) groups is 2. The summed E-state index contributed by atoms with van der Waals surface area (Å²) >= 11 is 0. The predicted molar refractivity (Wildman–Crippen MR) is 91.7 cm³/mol. The quantitative estimate of drug-likeness (QED) is 0.516. The highest BCUT2D eigenvalue weighted by molar-refractivity contribution is 6.49. The molecule has 3 aromatic carbocycles. The molecule has 112 valence electrons. The van der Waals surface area contributed by atoms with Gasteiger partial charge in [0, 0.05) is 11.1 Å². The summed E-state index contributed by atoms with van der Waals surface area (Å²) in [5.74, 6) is -0.936. The van der Waals surface area contributed by atoms with E-state index >= 15 is 0 Å². The van der Waals surface area contributed by atoms with Crippen molar-refractivity contribution in [3.63, 3.8) is 0 Å². The van der Waals surface area contributed by atoms with Crippen LogP contribution >= 0.6 is 0 Å². The summed E-state index contributed by atoms with van der Waals surface area (Å²) in [6.45, 7) is 1.86. The minimum Gasteiger partial charge on any atom is -0.285 e. The van der Waals surface area contributed by atoms with Gasteiger partial charge in [-0.2, -0.15) is 0 Å². The van der Waals surface area contributed by atoms with Crippen molar-refractivity contribution < 1.29 is 9.59 Å². The van der Waals surface area contributed by atoms with Gasteiger partial charge in [-0.05, 0) is 23.6 Å². The molecule has 0 aromatic heterocycles. The summed E-state index contributed by atoms with van der Waals surface area (Å²) in [4.78, 5) is 24.8. The van der Waals surface area contributed by atoms with Crippen LogP contribution < -0.4 is 0 Å². The largest absolute Gasteiger partial charge is 0.285 e. The molecule has 0 N–H and O–H groups in total. The second kappa shape index (κ2) is 6.41. The van der Waals surface area contributed by atoms with Crippen LogP contribution in [0.25, 0.3) is 11.1 Å². The fraction of sp³-hybridized carbons (Fsp3) is 0.0476. The Morgan fingerprint density at radius 1 is 0.652 bits per heavy atom. The van der Waals surface area contributed by atoms with Gasteiger partial charge in [-0.3, -0.25) is 9.59 Å². The molecule has 0 radical (unpaired) electrons. The summed E-state index contributed by atoms with van der Waals surface area (Å²) in [7, 11) is 0. The number of rotatable bonds is 4. The van der Waals surface area contributed by atoms with Crippen LogP contribution in [0.1, 0.15) is 26.3 Å². The van der Waals surface area contributed by atoms with Crippen molar-refractivity contribution >= 4 is 11.6 Å². The average molecular weight is 300 g/mol. The van der Waals surface area contributed by atoms with E-state index in [4.69, 9.17) is 0 Å². The lowest BCUT2D eigenvalue weighted by Crippen LogP contribution is -2.15. The van der Waals surface area contributed by atoms with Gasteiger partial charge in [-0.25, -0.2) is 0 Å². The first-order chi connectivity index (χ1) is 11.2. The van der Waals surface area contributed by atoms with Gasteiger partial charge >= 0.3 is 0 Å². The molecule has 0 heterocycles. The fourth-order valence-electron chi connectivity index (χ4n) is 2.57. The van der Waals surface area contributed by atoms with E-state index < -0.39 is 11.6 Å². The van der Waals surface area contributed by atoms with Crippen LogP contribution in [0.15, 0.2) is 78.9 Å². The van der Waals surface area contributed by atoms with Crippen LogP contribution in [0, 0.1) is 6.92 Å². The van der Waals surface area contributed by atoms with Gasteiger partial charge in [-0.1, -0.05) is 78.9 Å². The maximum Gasteiger partial charge on any atom is 0.233 e. The molecule has 0 amide bonds. The van der Waals surface area contributed by atoms with E-state index in [1.807, 2.05) is 55.5 Å². The molecular formula is C21H16O2. The summed E-state index contributed by atoms with van der Waals surface area (Å²) in [5.41, 5.74) is 3.80. The monoisotopic (exact) mass is 300 g/mol. The maximum atomic E-state index is 12.5. The van der Waals surface area contributed by atoms with Crippen LogP contribution in [0.4, 0.5) is 0 Å². The molecule has 23 heavy (non-hydrogen) atoms. The van der Waals surface area contributed by atoms with Crippen molar-refractivity contribution in [2.75, 3.05) is 0 Å². The predicted octanol–water partition coefficient (Wildman–Crippen LogP) is 4.73. The van der Waals surface area contributed by atoms with Crippen molar-refractivity contribution in [1.29, 1.82) is 0 Å². The Labute approximate surface area is 135 Å². The fourth-order valence-corrected chi connectivity index (χ4v) is 2.57. The van der Waals surface area contributed by atoms with Crippen molar-refractivity contribution in [1.82, 2.24) is 0 Å². The zero-order valence-corrected chi connectivity index (χ0v) is 12.8. The number of hydrogen-bond donors (Lipinski definition) is 0. The normalized spacial score (nSPS) is 10.3. The Hall–Kier alpha value is -3.00. The number of ketones is 2. The van der Waals surface area contributed by atoms with Crippen molar-refractivity contribution in [3.8, 4) is 11.1 Å². The zero-order chi connectivity index (χ0) is 16.2. The molecule has 0 aliphatic carbocycles. The van der Waals surface area contributed by atoms with E-state index in [0.717, 1.165) is 16.7 Å². The van der Waals surface area contributed by atoms with Gasteiger partial charge in [0.1, 0.15) is 0 Å². The van der Waals surface area contributed by atoms with E-state index in [9.17, 15) is 9.59 Å². The molecule has 0 spiro atoms. The van der Waals surface area contributed by atoms with Gasteiger partial charge in [0.05, 0.1) is 0 Å². The van der Waals surface area contributed by atoms with E-state index in [1.165, 1.54) is 0 Å². The van der Waals surface area contributed by atoms with Gasteiger partial charge in [0.25, 0.3) is 0 Å². The first-order valence-electron chi connectivity index (χ1n) is 7.47. The molecule has 0 atom stereocenters. The minimum absolute atomic E-state index is 0.420. The second-order valence-electron chi connectivity index (χ2n) is 5.42.